The molecule has 192 valence electrons. The molecule has 3 aliphatic rings. The van der Waals surface area contributed by atoms with Crippen LogP contribution in [-0.4, -0.2) is 40.5 Å². The Hall–Kier alpha value is -2.32. The molecule has 0 unspecified atom stereocenters. The molecule has 3 aliphatic carbocycles. The van der Waals surface area contributed by atoms with Gasteiger partial charge in [-0.05, 0) is 84.5 Å². The zero-order valence-corrected chi connectivity index (χ0v) is 20.8. The Balaban J connectivity index is 1.27. The van der Waals surface area contributed by atoms with Crippen molar-refractivity contribution in [2.24, 2.45) is 23.2 Å². The van der Waals surface area contributed by atoms with Crippen LogP contribution in [0.2, 0.25) is 0 Å². The summed E-state index contributed by atoms with van der Waals surface area (Å²) in [6.45, 7) is 2.27. The minimum absolute atomic E-state index is 0.0840. The van der Waals surface area contributed by atoms with Crippen LogP contribution >= 0.6 is 0 Å². The van der Waals surface area contributed by atoms with Crippen LogP contribution in [0, 0.1) is 23.2 Å². The number of nitrogens with one attached hydrogen (secondary N) is 1. The second kappa shape index (κ2) is 9.86. The first-order valence-corrected chi connectivity index (χ1v) is 13.2. The number of amides is 1. The Morgan fingerprint density at radius 2 is 2.06 bits per heavy atom. The molecule has 0 saturated heterocycles. The molecule has 8 heteroatoms. The van der Waals surface area contributed by atoms with Crippen molar-refractivity contribution in [3.63, 3.8) is 0 Å². The van der Waals surface area contributed by atoms with Crippen LogP contribution in [-0.2, 0) is 17.6 Å². The van der Waals surface area contributed by atoms with Crippen LogP contribution in [0.5, 0.6) is 0 Å². The third-order valence-electron chi connectivity index (χ3n) is 9.33. The Kier molecular flexibility index (Phi) is 6.94. The first-order chi connectivity index (χ1) is 17.2. The van der Waals surface area contributed by atoms with Gasteiger partial charge < -0.3 is 15.4 Å². The Labute approximate surface area is 211 Å². The molecule has 0 aliphatic heterocycles. The summed E-state index contributed by atoms with van der Waals surface area (Å²) in [5, 5.41) is 22.1. The second-order valence-corrected chi connectivity index (χ2v) is 11.3. The normalized spacial score (nSPS) is 30.1. The molecule has 2 saturated carbocycles. The predicted molar refractivity (Wildman–Crippen MR) is 135 cm³/mol. The van der Waals surface area contributed by atoms with Gasteiger partial charge in [-0.25, -0.2) is 8.78 Å². The molecule has 2 fully saturated rings. The van der Waals surface area contributed by atoms with Crippen molar-refractivity contribution in [2.75, 3.05) is 6.54 Å². The van der Waals surface area contributed by atoms with Crippen molar-refractivity contribution in [1.82, 2.24) is 10.3 Å². The lowest BCUT2D eigenvalue weighted by atomic mass is 9.53. The van der Waals surface area contributed by atoms with Crippen LogP contribution in [0.15, 0.2) is 42.6 Å². The number of carbonyl (C=O) groups excluding carboxylic acids is 1. The first kappa shape index (κ1) is 25.3. The van der Waals surface area contributed by atoms with Crippen molar-refractivity contribution < 1.29 is 23.6 Å². The van der Waals surface area contributed by atoms with Crippen molar-refractivity contribution >= 4 is 18.5 Å². The quantitative estimate of drug-likeness (QED) is 0.512. The van der Waals surface area contributed by atoms with Gasteiger partial charge in [0.1, 0.15) is 0 Å². The van der Waals surface area contributed by atoms with Crippen LogP contribution in [0.25, 0.3) is 0 Å². The lowest BCUT2D eigenvalue weighted by Gasteiger charge is -2.51. The fourth-order valence-electron chi connectivity index (χ4n) is 7.56. The zero-order chi connectivity index (χ0) is 25.5. The van der Waals surface area contributed by atoms with Gasteiger partial charge >= 0.3 is 7.12 Å². The maximum Gasteiger partial charge on any atom is 0.488 e. The van der Waals surface area contributed by atoms with E-state index in [1.165, 1.54) is 5.56 Å². The molecule has 2 aromatic rings. The number of fused-ring (bicyclic) bond motifs is 5. The summed E-state index contributed by atoms with van der Waals surface area (Å²) in [7, 11) is -1.50. The lowest BCUT2D eigenvalue weighted by Crippen LogP contribution is -2.48. The molecule has 36 heavy (non-hydrogen) atoms. The van der Waals surface area contributed by atoms with Crippen molar-refractivity contribution in [1.29, 1.82) is 0 Å². The third kappa shape index (κ3) is 4.58. The number of nitrogens with zero attached hydrogens (tertiary/aromatic N) is 1. The number of benzene rings is 1. The third-order valence-corrected chi connectivity index (χ3v) is 9.33. The minimum atomic E-state index is -2.73. The number of aryl methyl sites for hydroxylation is 1. The van der Waals surface area contributed by atoms with E-state index in [0.717, 1.165) is 30.5 Å². The molecule has 0 bridgehead atoms. The van der Waals surface area contributed by atoms with Crippen LogP contribution < -0.4 is 10.8 Å². The largest absolute Gasteiger partial charge is 0.488 e. The monoisotopic (exact) mass is 496 g/mol. The molecule has 5 rings (SSSR count). The minimum Gasteiger partial charge on any atom is -0.423 e. The van der Waals surface area contributed by atoms with Gasteiger partial charge in [-0.3, -0.25) is 9.78 Å². The Morgan fingerprint density at radius 3 is 2.81 bits per heavy atom. The Bertz CT molecular complexity index is 1100. The topological polar surface area (TPSA) is 82.5 Å². The fourth-order valence-corrected chi connectivity index (χ4v) is 7.56. The van der Waals surface area contributed by atoms with Gasteiger partial charge in [-0.2, -0.15) is 0 Å². The summed E-state index contributed by atoms with van der Waals surface area (Å²) in [5.41, 5.74) is 2.65. The van der Waals surface area contributed by atoms with E-state index in [9.17, 15) is 14.8 Å². The van der Waals surface area contributed by atoms with Gasteiger partial charge in [0, 0.05) is 43.1 Å². The Morgan fingerprint density at radius 1 is 1.22 bits per heavy atom. The van der Waals surface area contributed by atoms with Crippen LogP contribution in [0.3, 0.4) is 0 Å². The summed E-state index contributed by atoms with van der Waals surface area (Å²) in [4.78, 5) is 16.8. The highest BCUT2D eigenvalue weighted by molar-refractivity contribution is 6.58. The molecule has 1 amide bonds. The second-order valence-electron chi connectivity index (χ2n) is 11.3. The summed E-state index contributed by atoms with van der Waals surface area (Å²) in [6.07, 6.45) is 5.77. The van der Waals surface area contributed by atoms with Gasteiger partial charge in [0.2, 0.25) is 5.91 Å². The summed E-state index contributed by atoms with van der Waals surface area (Å²) >= 11 is 0. The van der Waals surface area contributed by atoms with E-state index in [-0.39, 0.29) is 42.4 Å². The molecule has 1 aromatic heterocycles. The smallest absolute Gasteiger partial charge is 0.423 e. The number of rotatable bonds is 7. The molecule has 5 nitrogen and oxygen atoms in total. The average Bonchev–Trinajstić information content (AvgIpc) is 3.07. The van der Waals surface area contributed by atoms with Gasteiger partial charge in [0.05, 0.1) is 0 Å². The van der Waals surface area contributed by atoms with E-state index in [2.05, 4.69) is 10.3 Å². The summed E-state index contributed by atoms with van der Waals surface area (Å²) in [6, 6.07) is 11.3. The zero-order valence-electron chi connectivity index (χ0n) is 20.8. The molecule has 5 atom stereocenters. The highest BCUT2D eigenvalue weighted by Gasteiger charge is 2.67. The van der Waals surface area contributed by atoms with Crippen LogP contribution in [0.1, 0.15) is 68.2 Å². The number of alkyl halides is 2. The number of halogens is 2. The van der Waals surface area contributed by atoms with Gasteiger partial charge in [0.25, 0.3) is 5.92 Å². The molecule has 1 heterocycles. The first-order valence-electron chi connectivity index (χ1n) is 13.2. The maximum atomic E-state index is 15.5. The molecule has 1 aromatic carbocycles. The van der Waals surface area contributed by atoms with E-state index in [1.807, 2.05) is 30.3 Å². The molecular formula is C28H35BF2N2O3. The van der Waals surface area contributed by atoms with E-state index in [0.29, 0.717) is 31.3 Å². The van der Waals surface area contributed by atoms with Crippen molar-refractivity contribution in [2.45, 2.75) is 70.1 Å². The number of hydrogen-bond acceptors (Lipinski definition) is 4. The summed E-state index contributed by atoms with van der Waals surface area (Å²) < 4.78 is 30.9. The van der Waals surface area contributed by atoms with Gasteiger partial charge in [0.15, 0.2) is 0 Å². The van der Waals surface area contributed by atoms with E-state index in [4.69, 9.17) is 0 Å². The maximum absolute atomic E-state index is 15.5. The molecule has 0 radical (unpaired) electrons. The average molecular weight is 496 g/mol. The predicted octanol–water partition coefficient (Wildman–Crippen LogP) is 3.62. The molecular weight excluding hydrogens is 461 g/mol. The van der Waals surface area contributed by atoms with Crippen LogP contribution in [0.4, 0.5) is 8.78 Å². The van der Waals surface area contributed by atoms with Gasteiger partial charge in [-0.1, -0.05) is 31.2 Å². The SMILES string of the molecule is C[C@]12CC[C@@H]3c4ccc(B(O)O)cc4CC[C@H]3[C@@H]1[C@H](CCC(=O)NCCc1ccccn1)CC2(F)F. The molecule has 3 N–H and O–H groups in total. The lowest BCUT2D eigenvalue weighted by molar-refractivity contribution is -0.133. The van der Waals surface area contributed by atoms with E-state index < -0.39 is 18.5 Å². The standard InChI is InChI=1S/C28H35BF2N2O3/c1-27-13-11-23-22-9-7-20(29(35)36)16-18(22)5-8-24(23)26(27)19(17-28(27,30)31)6-10-25(34)33-15-12-21-4-2-3-14-32-21/h2-4,7,9,14,16,19,23-24,26,35-36H,5-6,8,10-13,15,17H2,1H3,(H,33,34)/t19-,23-,24-,26+,27+/m1/s1. The van der Waals surface area contributed by atoms with E-state index in [1.54, 1.807) is 19.2 Å². The number of hydrogen-bond donors (Lipinski definition) is 3. The van der Waals surface area contributed by atoms with E-state index >= 15 is 8.78 Å². The highest BCUT2D eigenvalue weighted by atomic mass is 19.3. The summed E-state index contributed by atoms with van der Waals surface area (Å²) in [5.74, 6) is -2.75. The van der Waals surface area contributed by atoms with Gasteiger partial charge in [-0.15, -0.1) is 0 Å². The number of aromatic nitrogens is 1. The highest BCUT2D eigenvalue weighted by Crippen LogP contribution is 2.68. The number of pyridine rings is 1. The number of carbonyl (C=O) groups is 1. The fraction of sp³-hybridized carbons (Fsp3) is 0.571. The van der Waals surface area contributed by atoms with Crippen molar-refractivity contribution in [3.05, 3.63) is 59.4 Å². The van der Waals surface area contributed by atoms with Crippen molar-refractivity contribution in [3.8, 4) is 0 Å². The molecule has 0 spiro atoms.